The van der Waals surface area contributed by atoms with Gasteiger partial charge < -0.3 is 10.8 Å². The minimum atomic E-state index is 0. The third-order valence-corrected chi connectivity index (χ3v) is 3.01. The van der Waals surface area contributed by atoms with Crippen molar-refractivity contribution in [2.24, 2.45) is 0 Å². The van der Waals surface area contributed by atoms with E-state index in [-0.39, 0.29) is 11.4 Å². The second-order valence-corrected chi connectivity index (χ2v) is 4.28. The SMILES string of the molecule is CCN(CC)CC(=O)Nc1c(C)cccc1C.[OH-]. The minimum Gasteiger partial charge on any atom is -0.870 e. The summed E-state index contributed by atoms with van der Waals surface area (Å²) in [6.45, 7) is 10.4. The highest BCUT2D eigenvalue weighted by Gasteiger charge is 2.09. The molecule has 0 aromatic heterocycles. The maximum Gasteiger partial charge on any atom is 0.238 e. The Balaban J connectivity index is 0.00000289. The molecule has 0 saturated carbocycles. The molecule has 0 spiro atoms. The van der Waals surface area contributed by atoms with Crippen LogP contribution in [-0.4, -0.2) is 35.9 Å². The fourth-order valence-electron chi connectivity index (χ4n) is 1.84. The van der Waals surface area contributed by atoms with Gasteiger partial charge in [0.1, 0.15) is 0 Å². The predicted octanol–water partition coefficient (Wildman–Crippen LogP) is 2.41. The number of para-hydroxylation sites is 1. The minimum absolute atomic E-state index is 0. The number of carbonyl (C=O) groups is 1. The van der Waals surface area contributed by atoms with Crippen LogP contribution in [-0.2, 0) is 4.79 Å². The van der Waals surface area contributed by atoms with Crippen molar-refractivity contribution in [3.05, 3.63) is 29.3 Å². The number of anilines is 1. The van der Waals surface area contributed by atoms with Crippen molar-refractivity contribution >= 4 is 11.6 Å². The number of rotatable bonds is 5. The second-order valence-electron chi connectivity index (χ2n) is 4.28. The number of nitrogens with zero attached hydrogens (tertiary/aromatic N) is 1. The average Bonchev–Trinajstić information content (AvgIpc) is 2.31. The Bertz CT molecular complexity index is 367. The number of likely N-dealkylation sites (N-methyl/N-ethyl adjacent to an activating group) is 1. The monoisotopic (exact) mass is 251 g/mol. The molecular weight excluding hydrogens is 228 g/mol. The van der Waals surface area contributed by atoms with Crippen LogP contribution < -0.4 is 5.32 Å². The number of hydrogen-bond acceptors (Lipinski definition) is 3. The van der Waals surface area contributed by atoms with E-state index in [2.05, 4.69) is 24.1 Å². The topological polar surface area (TPSA) is 62.3 Å². The first-order valence-corrected chi connectivity index (χ1v) is 6.16. The zero-order valence-corrected chi connectivity index (χ0v) is 11.7. The largest absolute Gasteiger partial charge is 0.870 e. The van der Waals surface area contributed by atoms with E-state index in [1.165, 1.54) is 0 Å². The van der Waals surface area contributed by atoms with Gasteiger partial charge in [0.05, 0.1) is 6.54 Å². The lowest BCUT2D eigenvalue weighted by Gasteiger charge is -2.18. The van der Waals surface area contributed by atoms with Crippen molar-refractivity contribution in [3.8, 4) is 0 Å². The van der Waals surface area contributed by atoms with Crippen LogP contribution in [0.3, 0.4) is 0 Å². The second kappa shape index (κ2) is 7.84. The summed E-state index contributed by atoms with van der Waals surface area (Å²) in [6.07, 6.45) is 0. The molecule has 1 aromatic rings. The van der Waals surface area contributed by atoms with Gasteiger partial charge in [0.2, 0.25) is 5.91 Å². The first kappa shape index (κ1) is 16.6. The summed E-state index contributed by atoms with van der Waals surface area (Å²) in [5, 5.41) is 3.00. The Kier molecular flexibility index (Phi) is 7.24. The van der Waals surface area contributed by atoms with Crippen molar-refractivity contribution < 1.29 is 10.3 Å². The van der Waals surface area contributed by atoms with Gasteiger partial charge in [-0.2, -0.15) is 0 Å². The fraction of sp³-hybridized carbons (Fsp3) is 0.500. The Morgan fingerprint density at radius 2 is 1.67 bits per heavy atom. The van der Waals surface area contributed by atoms with Crippen LogP contribution in [0, 0.1) is 13.8 Å². The summed E-state index contributed by atoms with van der Waals surface area (Å²) in [7, 11) is 0. The van der Waals surface area contributed by atoms with E-state index in [1.807, 2.05) is 32.0 Å². The van der Waals surface area contributed by atoms with Crippen LogP contribution >= 0.6 is 0 Å². The van der Waals surface area contributed by atoms with Gasteiger partial charge in [-0.1, -0.05) is 32.0 Å². The summed E-state index contributed by atoms with van der Waals surface area (Å²) < 4.78 is 0. The van der Waals surface area contributed by atoms with E-state index in [0.29, 0.717) is 6.54 Å². The highest BCUT2D eigenvalue weighted by molar-refractivity contribution is 5.93. The third-order valence-electron chi connectivity index (χ3n) is 3.01. The van der Waals surface area contributed by atoms with Gasteiger partial charge in [-0.05, 0) is 38.1 Å². The zero-order chi connectivity index (χ0) is 12.8. The molecule has 1 amide bonds. The molecule has 2 N–H and O–H groups in total. The van der Waals surface area contributed by atoms with E-state index in [1.54, 1.807) is 0 Å². The maximum absolute atomic E-state index is 11.9. The molecule has 0 unspecified atom stereocenters. The van der Waals surface area contributed by atoms with Gasteiger partial charge in [0.15, 0.2) is 0 Å². The highest BCUT2D eigenvalue weighted by atomic mass is 16.2. The highest BCUT2D eigenvalue weighted by Crippen LogP contribution is 2.19. The summed E-state index contributed by atoms with van der Waals surface area (Å²) in [6, 6.07) is 6.03. The average molecular weight is 251 g/mol. The molecule has 4 nitrogen and oxygen atoms in total. The van der Waals surface area contributed by atoms with Crippen molar-refractivity contribution in [1.82, 2.24) is 4.90 Å². The number of aryl methyl sites for hydroxylation is 2. The summed E-state index contributed by atoms with van der Waals surface area (Å²) >= 11 is 0. The Hall–Kier alpha value is -1.39. The van der Waals surface area contributed by atoms with E-state index >= 15 is 0 Å². The fourth-order valence-corrected chi connectivity index (χ4v) is 1.84. The smallest absolute Gasteiger partial charge is 0.238 e. The van der Waals surface area contributed by atoms with Crippen LogP contribution in [0.2, 0.25) is 0 Å². The number of amides is 1. The van der Waals surface area contributed by atoms with E-state index in [0.717, 1.165) is 29.9 Å². The molecule has 4 heteroatoms. The quantitative estimate of drug-likeness (QED) is 0.874. The summed E-state index contributed by atoms with van der Waals surface area (Å²) in [4.78, 5) is 14.0. The molecule has 102 valence electrons. The van der Waals surface area contributed by atoms with Gasteiger partial charge >= 0.3 is 0 Å². The number of carbonyl (C=O) groups excluding carboxylic acids is 1. The molecule has 0 radical (unpaired) electrons. The number of hydrogen-bond donors (Lipinski definition) is 1. The molecule has 0 aliphatic rings. The summed E-state index contributed by atoms with van der Waals surface area (Å²) in [5.41, 5.74) is 3.17. The van der Waals surface area contributed by atoms with Crippen molar-refractivity contribution in [1.29, 1.82) is 0 Å². The van der Waals surface area contributed by atoms with Crippen molar-refractivity contribution in [2.45, 2.75) is 27.7 Å². The van der Waals surface area contributed by atoms with Crippen LogP contribution in [0.5, 0.6) is 0 Å². The van der Waals surface area contributed by atoms with E-state index < -0.39 is 0 Å². The predicted molar refractivity (Wildman–Crippen MR) is 74.3 cm³/mol. The molecule has 1 rings (SSSR count). The normalized spacial score (nSPS) is 10.1. The standard InChI is InChI=1S/C14H22N2O.H2O/c1-5-16(6-2)10-13(17)15-14-11(3)8-7-9-12(14)4;/h7-9H,5-6,10H2,1-4H3,(H,15,17);1H2/p-1. The lowest BCUT2D eigenvalue weighted by atomic mass is 10.1. The number of nitrogens with one attached hydrogen (secondary N) is 1. The lowest BCUT2D eigenvalue weighted by Crippen LogP contribution is -2.33. The van der Waals surface area contributed by atoms with Gasteiger partial charge in [-0.15, -0.1) is 0 Å². The van der Waals surface area contributed by atoms with Crippen molar-refractivity contribution in [2.75, 3.05) is 25.0 Å². The van der Waals surface area contributed by atoms with Crippen molar-refractivity contribution in [3.63, 3.8) is 0 Å². The van der Waals surface area contributed by atoms with E-state index in [4.69, 9.17) is 0 Å². The molecule has 0 fully saturated rings. The third kappa shape index (κ3) is 4.47. The molecule has 0 atom stereocenters. The summed E-state index contributed by atoms with van der Waals surface area (Å²) in [5.74, 6) is 0.0612. The van der Waals surface area contributed by atoms with Crippen LogP contribution in [0.25, 0.3) is 0 Å². The first-order valence-electron chi connectivity index (χ1n) is 6.16. The zero-order valence-electron chi connectivity index (χ0n) is 11.7. The van der Waals surface area contributed by atoms with Crippen LogP contribution in [0.4, 0.5) is 5.69 Å². The van der Waals surface area contributed by atoms with Gasteiger partial charge in [-0.3, -0.25) is 9.69 Å². The van der Waals surface area contributed by atoms with Gasteiger partial charge in [0, 0.05) is 5.69 Å². The van der Waals surface area contributed by atoms with E-state index in [9.17, 15) is 4.79 Å². The Morgan fingerprint density at radius 1 is 1.17 bits per heavy atom. The van der Waals surface area contributed by atoms with Crippen LogP contribution in [0.15, 0.2) is 18.2 Å². The number of benzene rings is 1. The Labute approximate surface area is 109 Å². The molecule has 0 saturated heterocycles. The molecular formula is C14H23N2O2-. The first-order chi connectivity index (χ1) is 8.08. The molecule has 0 heterocycles. The molecule has 0 aliphatic heterocycles. The van der Waals surface area contributed by atoms with Gasteiger partial charge in [0.25, 0.3) is 0 Å². The van der Waals surface area contributed by atoms with Gasteiger partial charge in [-0.25, -0.2) is 0 Å². The molecule has 1 aromatic carbocycles. The molecule has 0 aliphatic carbocycles. The Morgan fingerprint density at radius 3 is 2.11 bits per heavy atom. The maximum atomic E-state index is 11.9. The molecule has 0 bridgehead atoms. The van der Waals surface area contributed by atoms with Crippen LogP contribution in [0.1, 0.15) is 25.0 Å². The molecule has 18 heavy (non-hydrogen) atoms. The lowest BCUT2D eigenvalue weighted by molar-refractivity contribution is -0.117.